The molecule has 10 nitrogen and oxygen atoms in total. The Labute approximate surface area is 250 Å². The molecule has 1 atom stereocenters. The summed E-state index contributed by atoms with van der Waals surface area (Å²) in [6.45, 7) is 5.39. The molecule has 0 spiro atoms. The van der Waals surface area contributed by atoms with Crippen LogP contribution in [0.4, 0.5) is 5.69 Å². The lowest BCUT2D eigenvalue weighted by atomic mass is 9.99. The third-order valence-electron chi connectivity index (χ3n) is 7.25. The van der Waals surface area contributed by atoms with E-state index in [1.807, 2.05) is 24.4 Å². The first kappa shape index (κ1) is 30.0. The van der Waals surface area contributed by atoms with Gasteiger partial charge in [-0.15, -0.1) is 0 Å². The van der Waals surface area contributed by atoms with Crippen molar-refractivity contribution >= 4 is 32.5 Å². The fourth-order valence-corrected chi connectivity index (χ4v) is 5.81. The van der Waals surface area contributed by atoms with Crippen LogP contribution in [0.25, 0.3) is 10.9 Å². The molecule has 5 rings (SSSR count). The second-order valence-electron chi connectivity index (χ2n) is 11.0. The number of nitrogens with zero attached hydrogens (tertiary/aromatic N) is 2. The number of aryl methyl sites for hydroxylation is 1. The number of carbonyl (C=O) groups excluding carboxylic acids is 1. The van der Waals surface area contributed by atoms with Crippen LogP contribution in [0.2, 0.25) is 0 Å². The molecular formula is C32H35N5O5S. The Morgan fingerprint density at radius 2 is 1.86 bits per heavy atom. The van der Waals surface area contributed by atoms with Crippen LogP contribution in [0.1, 0.15) is 48.2 Å². The van der Waals surface area contributed by atoms with Crippen molar-refractivity contribution in [2.24, 2.45) is 0 Å². The summed E-state index contributed by atoms with van der Waals surface area (Å²) in [5.74, 6) is 0.250. The van der Waals surface area contributed by atoms with E-state index in [4.69, 9.17) is 4.42 Å². The molecule has 0 unspecified atom stereocenters. The number of rotatable bonds is 13. The number of sulfonamides is 1. The van der Waals surface area contributed by atoms with E-state index in [0.717, 1.165) is 23.9 Å². The van der Waals surface area contributed by atoms with Gasteiger partial charge in [-0.2, -0.15) is 0 Å². The number of aliphatic hydroxyl groups is 1. The summed E-state index contributed by atoms with van der Waals surface area (Å²) in [4.78, 5) is 16.8. The summed E-state index contributed by atoms with van der Waals surface area (Å²) in [5, 5.41) is 18.1. The van der Waals surface area contributed by atoms with Crippen molar-refractivity contribution in [2.45, 2.75) is 49.9 Å². The van der Waals surface area contributed by atoms with Gasteiger partial charge in [-0.1, -0.05) is 30.3 Å². The van der Waals surface area contributed by atoms with Gasteiger partial charge in [0.1, 0.15) is 6.26 Å². The van der Waals surface area contributed by atoms with E-state index in [2.05, 4.69) is 38.8 Å². The number of aromatic nitrogens is 2. The Kier molecular flexibility index (Phi) is 8.95. The molecule has 0 fully saturated rings. The Bertz CT molecular complexity index is 1780. The number of fused-ring (bicyclic) bond motifs is 1. The topological polar surface area (TPSA) is 138 Å². The fraction of sp³-hybridized carbons (Fsp3) is 0.250. The lowest BCUT2D eigenvalue weighted by Crippen LogP contribution is -2.42. The van der Waals surface area contributed by atoms with Gasteiger partial charge in [0.15, 0.2) is 0 Å². The number of aliphatic hydroxyl groups excluding tert-OH is 1. The van der Waals surface area contributed by atoms with Gasteiger partial charge >= 0.3 is 0 Å². The van der Waals surface area contributed by atoms with Crippen molar-refractivity contribution in [3.63, 3.8) is 0 Å². The summed E-state index contributed by atoms with van der Waals surface area (Å²) in [6.07, 6.45) is 4.96. The van der Waals surface area contributed by atoms with Crippen molar-refractivity contribution in [3.05, 3.63) is 115 Å². The van der Waals surface area contributed by atoms with Gasteiger partial charge in [-0.25, -0.2) is 13.4 Å². The van der Waals surface area contributed by atoms with Crippen LogP contribution >= 0.6 is 0 Å². The van der Waals surface area contributed by atoms with Gasteiger partial charge in [0.2, 0.25) is 5.89 Å². The fourth-order valence-electron chi connectivity index (χ4n) is 4.74. The zero-order chi connectivity index (χ0) is 30.5. The maximum absolute atomic E-state index is 12.7. The lowest BCUT2D eigenvalue weighted by molar-refractivity contribution is 0.0947. The normalized spacial score (nSPS) is 12.7. The maximum Gasteiger partial charge on any atom is 0.261 e. The Morgan fingerprint density at radius 3 is 2.63 bits per heavy atom. The summed E-state index contributed by atoms with van der Waals surface area (Å²) >= 11 is 0. The Morgan fingerprint density at radius 1 is 1.05 bits per heavy atom. The molecule has 3 aromatic carbocycles. The number of hydrogen-bond acceptors (Lipinski definition) is 7. The average Bonchev–Trinajstić information content (AvgIpc) is 3.68. The number of β-amino-alcohol motifs (C(OH)–C–C–N with tert-alkyl or cyclic N) is 1. The molecule has 2 heterocycles. The van der Waals surface area contributed by atoms with Gasteiger partial charge < -0.3 is 24.7 Å². The van der Waals surface area contributed by atoms with Crippen LogP contribution in [0.5, 0.6) is 0 Å². The van der Waals surface area contributed by atoms with Gasteiger partial charge in [0, 0.05) is 47.0 Å². The quantitative estimate of drug-likeness (QED) is 0.151. The minimum absolute atomic E-state index is 0.171. The smallest absolute Gasteiger partial charge is 0.261 e. The standard InChI is InChI=1S/C32H35N5O5S/c1-32(2,35-21-29(38)24-7-6-8-26(20-24)36-43(40,41)27-9-4-3-5-10-27)14-17-37-16-13-23-19-25(11-12-28(23)37)31(39)34-22-30-33-15-18-42-30/h3-13,15-16,18-20,29,35-36,38H,14,17,21-22H2,1-2H3,(H,34,39)/t29-/m0/s1. The molecule has 0 bridgehead atoms. The SMILES string of the molecule is CC(C)(CCn1ccc2cc(C(=O)NCc3ncco3)ccc21)NC[C@H](O)c1cccc(NS(=O)(=O)c2ccccc2)c1. The summed E-state index contributed by atoms with van der Waals surface area (Å²) in [6, 6.07) is 22.5. The van der Waals surface area contributed by atoms with E-state index in [0.29, 0.717) is 29.2 Å². The first-order valence-electron chi connectivity index (χ1n) is 14.0. The molecular weight excluding hydrogens is 566 g/mol. The van der Waals surface area contributed by atoms with Crippen LogP contribution in [-0.2, 0) is 23.1 Å². The zero-order valence-corrected chi connectivity index (χ0v) is 24.8. The molecule has 2 aromatic heterocycles. The highest BCUT2D eigenvalue weighted by atomic mass is 32.2. The number of nitrogens with one attached hydrogen (secondary N) is 3. The predicted molar refractivity (Wildman–Crippen MR) is 165 cm³/mol. The van der Waals surface area contributed by atoms with Crippen LogP contribution in [-0.4, -0.2) is 41.1 Å². The van der Waals surface area contributed by atoms with Crippen LogP contribution < -0.4 is 15.4 Å². The second-order valence-corrected chi connectivity index (χ2v) is 12.6. The number of carbonyl (C=O) groups is 1. The highest BCUT2D eigenvalue weighted by Gasteiger charge is 2.21. The Balaban J connectivity index is 1.15. The number of oxazole rings is 1. The highest BCUT2D eigenvalue weighted by molar-refractivity contribution is 7.92. The first-order chi connectivity index (χ1) is 20.6. The number of hydrogen-bond donors (Lipinski definition) is 4. The van der Waals surface area contributed by atoms with Crippen molar-refractivity contribution in [3.8, 4) is 0 Å². The molecule has 43 heavy (non-hydrogen) atoms. The maximum atomic E-state index is 12.7. The highest BCUT2D eigenvalue weighted by Crippen LogP contribution is 2.23. The monoisotopic (exact) mass is 601 g/mol. The Hall–Kier alpha value is -4.45. The molecule has 0 aliphatic carbocycles. The van der Waals surface area contributed by atoms with E-state index in [9.17, 15) is 18.3 Å². The third kappa shape index (κ3) is 7.69. The van der Waals surface area contributed by atoms with E-state index in [1.54, 1.807) is 48.5 Å². The molecule has 11 heteroatoms. The van der Waals surface area contributed by atoms with Crippen LogP contribution in [0, 0.1) is 0 Å². The molecule has 0 saturated carbocycles. The predicted octanol–water partition coefficient (Wildman–Crippen LogP) is 4.85. The minimum atomic E-state index is -3.73. The number of anilines is 1. The van der Waals surface area contributed by atoms with E-state index < -0.39 is 16.1 Å². The van der Waals surface area contributed by atoms with Gasteiger partial charge in [0.25, 0.3) is 15.9 Å². The molecule has 5 aromatic rings. The van der Waals surface area contributed by atoms with Crippen LogP contribution in [0.15, 0.2) is 107 Å². The summed E-state index contributed by atoms with van der Waals surface area (Å²) < 4.78 is 35.3. The molecule has 0 saturated heterocycles. The lowest BCUT2D eigenvalue weighted by Gasteiger charge is -2.28. The first-order valence-corrected chi connectivity index (χ1v) is 15.4. The van der Waals surface area contributed by atoms with Gasteiger partial charge in [0.05, 0.1) is 23.7 Å². The molecule has 0 aliphatic heterocycles. The zero-order valence-electron chi connectivity index (χ0n) is 24.0. The molecule has 1 amide bonds. The van der Waals surface area contributed by atoms with E-state index in [-0.39, 0.29) is 22.9 Å². The van der Waals surface area contributed by atoms with Gasteiger partial charge in [-0.3, -0.25) is 9.52 Å². The van der Waals surface area contributed by atoms with Crippen LogP contribution in [0.3, 0.4) is 0 Å². The van der Waals surface area contributed by atoms with Crippen molar-refractivity contribution in [1.29, 1.82) is 0 Å². The molecule has 224 valence electrons. The molecule has 0 aliphatic rings. The third-order valence-corrected chi connectivity index (χ3v) is 8.64. The van der Waals surface area contributed by atoms with Crippen molar-refractivity contribution in [2.75, 3.05) is 11.3 Å². The minimum Gasteiger partial charge on any atom is -0.447 e. The van der Waals surface area contributed by atoms with Gasteiger partial charge in [-0.05, 0) is 74.4 Å². The molecule has 0 radical (unpaired) electrons. The van der Waals surface area contributed by atoms with E-state index in [1.165, 1.54) is 24.6 Å². The largest absolute Gasteiger partial charge is 0.447 e. The van der Waals surface area contributed by atoms with Crippen molar-refractivity contribution in [1.82, 2.24) is 20.2 Å². The summed E-state index contributed by atoms with van der Waals surface area (Å²) in [7, 11) is -3.73. The van der Waals surface area contributed by atoms with Crippen molar-refractivity contribution < 1.29 is 22.7 Å². The number of benzene rings is 3. The number of amides is 1. The second kappa shape index (κ2) is 12.8. The average molecular weight is 602 g/mol. The molecule has 4 N–H and O–H groups in total. The van der Waals surface area contributed by atoms with E-state index >= 15 is 0 Å². The summed E-state index contributed by atoms with van der Waals surface area (Å²) in [5.41, 5.74) is 2.27.